The highest BCUT2D eigenvalue weighted by atomic mass is 16.6. The van der Waals surface area contributed by atoms with Crippen molar-refractivity contribution >= 4 is 0 Å². The van der Waals surface area contributed by atoms with Gasteiger partial charge in [-0.3, -0.25) is 0 Å². The number of hydrogen-bond donors (Lipinski definition) is 1. The van der Waals surface area contributed by atoms with E-state index < -0.39 is 6.29 Å². The van der Waals surface area contributed by atoms with Gasteiger partial charge in [0.05, 0.1) is 0 Å². The topological polar surface area (TPSA) is 29.5 Å². The monoisotopic (exact) mass is 146 g/mol. The molecule has 0 saturated heterocycles. The average molecular weight is 146 g/mol. The van der Waals surface area contributed by atoms with Gasteiger partial charge in [0.2, 0.25) is 0 Å². The first kappa shape index (κ1) is 9.92. The number of hydrogen-bond acceptors (Lipinski definition) is 2. The van der Waals surface area contributed by atoms with Crippen LogP contribution in [-0.2, 0) is 4.74 Å². The largest absolute Gasteiger partial charge is 0.368 e. The second-order valence-electron chi connectivity index (χ2n) is 2.65. The van der Waals surface area contributed by atoms with Crippen molar-refractivity contribution in [2.45, 2.75) is 39.9 Å². The summed E-state index contributed by atoms with van der Waals surface area (Å²) in [7, 11) is 0. The number of aliphatic hydroxyl groups is 1. The van der Waals surface area contributed by atoms with E-state index in [4.69, 9.17) is 4.74 Å². The second kappa shape index (κ2) is 5.69. The Morgan fingerprint density at radius 2 is 2.00 bits per heavy atom. The Kier molecular flexibility index (Phi) is 5.64. The molecule has 0 aromatic rings. The van der Waals surface area contributed by atoms with E-state index in [1.54, 1.807) is 0 Å². The first-order valence-electron chi connectivity index (χ1n) is 4.02. The zero-order valence-electron chi connectivity index (χ0n) is 7.13. The smallest absolute Gasteiger partial charge is 0.157 e. The molecule has 1 N–H and O–H groups in total. The van der Waals surface area contributed by atoms with Gasteiger partial charge < -0.3 is 9.84 Å². The number of rotatable bonds is 5. The van der Waals surface area contributed by atoms with E-state index in [1.165, 1.54) is 0 Å². The standard InChI is InChI=1S/C8H18O2/c1-4-6-10-8(9)7(3)5-2/h7-9H,4-6H2,1-3H3. The van der Waals surface area contributed by atoms with Gasteiger partial charge in [-0.1, -0.05) is 20.8 Å². The Balaban J connectivity index is 3.31. The van der Waals surface area contributed by atoms with Crippen molar-refractivity contribution in [3.8, 4) is 0 Å². The van der Waals surface area contributed by atoms with Crippen LogP contribution in [0.3, 0.4) is 0 Å². The minimum absolute atomic E-state index is 0.256. The zero-order valence-corrected chi connectivity index (χ0v) is 7.13. The van der Waals surface area contributed by atoms with Gasteiger partial charge in [-0.15, -0.1) is 0 Å². The van der Waals surface area contributed by atoms with Crippen LogP contribution in [0.4, 0.5) is 0 Å². The van der Waals surface area contributed by atoms with Gasteiger partial charge in [0.25, 0.3) is 0 Å². The van der Waals surface area contributed by atoms with Gasteiger partial charge in [0, 0.05) is 12.5 Å². The molecule has 0 aliphatic rings. The highest BCUT2D eigenvalue weighted by Gasteiger charge is 2.10. The lowest BCUT2D eigenvalue weighted by molar-refractivity contribution is -0.130. The van der Waals surface area contributed by atoms with Gasteiger partial charge in [-0.25, -0.2) is 0 Å². The van der Waals surface area contributed by atoms with Crippen LogP contribution >= 0.6 is 0 Å². The Hall–Kier alpha value is -0.0800. The van der Waals surface area contributed by atoms with Crippen LogP contribution < -0.4 is 0 Å². The molecule has 0 heterocycles. The maximum Gasteiger partial charge on any atom is 0.157 e. The predicted octanol–water partition coefficient (Wildman–Crippen LogP) is 1.78. The summed E-state index contributed by atoms with van der Waals surface area (Å²) in [5, 5.41) is 9.23. The van der Waals surface area contributed by atoms with Crippen LogP contribution in [-0.4, -0.2) is 18.0 Å². The van der Waals surface area contributed by atoms with Gasteiger partial charge in [-0.2, -0.15) is 0 Å². The van der Waals surface area contributed by atoms with E-state index in [0.717, 1.165) is 12.8 Å². The SMILES string of the molecule is CCCOC(O)C(C)CC. The molecule has 0 amide bonds. The third-order valence-electron chi connectivity index (χ3n) is 1.62. The molecular formula is C8H18O2. The van der Waals surface area contributed by atoms with Crippen molar-refractivity contribution in [3.63, 3.8) is 0 Å². The lowest BCUT2D eigenvalue weighted by atomic mass is 10.1. The second-order valence-corrected chi connectivity index (χ2v) is 2.65. The normalized spacial score (nSPS) is 16.8. The van der Waals surface area contributed by atoms with Gasteiger partial charge in [-0.05, 0) is 12.8 Å². The highest BCUT2D eigenvalue weighted by Crippen LogP contribution is 2.08. The summed E-state index contributed by atoms with van der Waals surface area (Å²) in [4.78, 5) is 0. The van der Waals surface area contributed by atoms with Crippen LogP contribution in [0.1, 0.15) is 33.6 Å². The summed E-state index contributed by atoms with van der Waals surface area (Å²) >= 11 is 0. The van der Waals surface area contributed by atoms with Crippen LogP contribution in [0, 0.1) is 5.92 Å². The molecule has 0 aromatic carbocycles. The molecule has 0 aromatic heterocycles. The molecule has 62 valence electrons. The fourth-order valence-corrected chi connectivity index (χ4v) is 0.604. The Morgan fingerprint density at radius 3 is 2.40 bits per heavy atom. The minimum Gasteiger partial charge on any atom is -0.368 e. The minimum atomic E-state index is -0.565. The summed E-state index contributed by atoms with van der Waals surface area (Å²) in [6, 6.07) is 0. The Bertz CT molecular complexity index is 73.7. The summed E-state index contributed by atoms with van der Waals surface area (Å²) in [6.45, 7) is 6.72. The predicted molar refractivity (Wildman–Crippen MR) is 41.7 cm³/mol. The summed E-state index contributed by atoms with van der Waals surface area (Å²) in [6.07, 6.45) is 1.36. The van der Waals surface area contributed by atoms with E-state index in [-0.39, 0.29) is 5.92 Å². The van der Waals surface area contributed by atoms with Crippen molar-refractivity contribution in [1.82, 2.24) is 0 Å². The van der Waals surface area contributed by atoms with E-state index in [9.17, 15) is 5.11 Å². The average Bonchev–Trinajstić information content (AvgIpc) is 1.98. The summed E-state index contributed by atoms with van der Waals surface area (Å²) < 4.78 is 5.10. The van der Waals surface area contributed by atoms with Crippen molar-refractivity contribution in [1.29, 1.82) is 0 Å². The third-order valence-corrected chi connectivity index (χ3v) is 1.62. The molecule has 2 atom stereocenters. The quantitative estimate of drug-likeness (QED) is 0.599. The zero-order chi connectivity index (χ0) is 7.98. The highest BCUT2D eigenvalue weighted by molar-refractivity contribution is 4.51. The van der Waals surface area contributed by atoms with Crippen molar-refractivity contribution in [2.24, 2.45) is 5.92 Å². The maximum atomic E-state index is 9.23. The molecule has 0 aliphatic heterocycles. The number of ether oxygens (including phenoxy) is 1. The van der Waals surface area contributed by atoms with Crippen molar-refractivity contribution < 1.29 is 9.84 Å². The van der Waals surface area contributed by atoms with Crippen molar-refractivity contribution in [3.05, 3.63) is 0 Å². The van der Waals surface area contributed by atoms with Crippen molar-refractivity contribution in [2.75, 3.05) is 6.61 Å². The van der Waals surface area contributed by atoms with Gasteiger partial charge in [0.1, 0.15) is 0 Å². The molecule has 2 heteroatoms. The fourth-order valence-electron chi connectivity index (χ4n) is 0.604. The Labute approximate surface area is 63.2 Å². The molecule has 2 nitrogen and oxygen atoms in total. The maximum absolute atomic E-state index is 9.23. The molecule has 0 radical (unpaired) electrons. The van der Waals surface area contributed by atoms with Crippen LogP contribution in [0.2, 0.25) is 0 Å². The molecule has 0 rings (SSSR count). The van der Waals surface area contributed by atoms with Crippen LogP contribution in [0.15, 0.2) is 0 Å². The van der Waals surface area contributed by atoms with E-state index in [2.05, 4.69) is 0 Å². The van der Waals surface area contributed by atoms with Gasteiger partial charge >= 0.3 is 0 Å². The fraction of sp³-hybridized carbons (Fsp3) is 1.00. The number of aliphatic hydroxyl groups excluding tert-OH is 1. The first-order chi connectivity index (χ1) is 4.72. The molecule has 0 bridgehead atoms. The third kappa shape index (κ3) is 3.85. The van der Waals surface area contributed by atoms with E-state index >= 15 is 0 Å². The molecule has 10 heavy (non-hydrogen) atoms. The first-order valence-corrected chi connectivity index (χ1v) is 4.02. The lowest BCUT2D eigenvalue weighted by Gasteiger charge is -2.16. The lowest BCUT2D eigenvalue weighted by Crippen LogP contribution is -2.20. The molecular weight excluding hydrogens is 128 g/mol. The van der Waals surface area contributed by atoms with Gasteiger partial charge in [0.15, 0.2) is 6.29 Å². The molecule has 0 saturated carbocycles. The van der Waals surface area contributed by atoms with Crippen LogP contribution in [0.25, 0.3) is 0 Å². The molecule has 2 unspecified atom stereocenters. The van der Waals surface area contributed by atoms with E-state index in [1.807, 2.05) is 20.8 Å². The molecule has 0 spiro atoms. The summed E-state index contributed by atoms with van der Waals surface area (Å²) in [5.74, 6) is 0.256. The van der Waals surface area contributed by atoms with E-state index in [0.29, 0.717) is 6.61 Å². The Morgan fingerprint density at radius 1 is 1.40 bits per heavy atom. The summed E-state index contributed by atoms with van der Waals surface area (Å²) in [5.41, 5.74) is 0. The van der Waals surface area contributed by atoms with Crippen LogP contribution in [0.5, 0.6) is 0 Å². The molecule has 0 aliphatic carbocycles. The molecule has 0 fully saturated rings.